The zero-order chi connectivity index (χ0) is 9.97. The lowest BCUT2D eigenvalue weighted by Gasteiger charge is -2.12. The van der Waals surface area contributed by atoms with E-state index in [9.17, 15) is 0 Å². The van der Waals surface area contributed by atoms with Crippen molar-refractivity contribution in [3.05, 3.63) is 35.4 Å². The van der Waals surface area contributed by atoms with Crippen LogP contribution in [0.5, 0.6) is 0 Å². The normalized spacial score (nSPS) is 18.1. The average molecular weight is 191 g/mol. The van der Waals surface area contributed by atoms with E-state index in [0.717, 1.165) is 12.8 Å². The number of fused-ring (bicyclic) bond motifs is 1. The average Bonchev–Trinajstić information content (AvgIpc) is 2.57. The maximum Gasteiger partial charge on any atom is 0.0636 e. The van der Waals surface area contributed by atoms with Gasteiger partial charge in [0.05, 0.1) is 6.10 Å². The Kier molecular flexibility index (Phi) is 2.85. The molecule has 1 aromatic carbocycles. The number of hydrogen-bond acceptors (Lipinski definition) is 2. The molecule has 0 saturated carbocycles. The molecule has 0 fully saturated rings. The molecular formula is C12H17NO. The van der Waals surface area contributed by atoms with E-state index < -0.39 is 0 Å². The zero-order valence-electron chi connectivity index (χ0n) is 8.53. The monoisotopic (exact) mass is 191 g/mol. The van der Waals surface area contributed by atoms with E-state index in [1.807, 2.05) is 6.92 Å². The van der Waals surface area contributed by atoms with Crippen molar-refractivity contribution in [3.63, 3.8) is 0 Å². The molecule has 1 aliphatic rings. The molecule has 0 bridgehead atoms. The molecular weight excluding hydrogens is 174 g/mol. The van der Waals surface area contributed by atoms with E-state index in [2.05, 4.69) is 29.6 Å². The van der Waals surface area contributed by atoms with Gasteiger partial charge in [-0.1, -0.05) is 24.3 Å². The summed E-state index contributed by atoms with van der Waals surface area (Å²) in [6.45, 7) is 2.51. The van der Waals surface area contributed by atoms with Crippen LogP contribution in [0, 0.1) is 0 Å². The smallest absolute Gasteiger partial charge is 0.0636 e. The summed E-state index contributed by atoms with van der Waals surface area (Å²) in [7, 11) is 0. The molecule has 1 aliphatic carbocycles. The Bertz CT molecular complexity index is 284. The molecule has 2 N–H and O–H groups in total. The first-order valence-corrected chi connectivity index (χ1v) is 5.24. The van der Waals surface area contributed by atoms with Crippen molar-refractivity contribution >= 4 is 0 Å². The van der Waals surface area contributed by atoms with Crippen LogP contribution in [0.4, 0.5) is 0 Å². The van der Waals surface area contributed by atoms with Crippen molar-refractivity contribution in [2.45, 2.75) is 31.9 Å². The van der Waals surface area contributed by atoms with Gasteiger partial charge in [-0.05, 0) is 30.9 Å². The van der Waals surface area contributed by atoms with E-state index in [-0.39, 0.29) is 6.10 Å². The highest BCUT2D eigenvalue weighted by atomic mass is 16.3. The number of benzene rings is 1. The molecule has 0 saturated heterocycles. The Hall–Kier alpha value is -0.860. The van der Waals surface area contributed by atoms with Gasteiger partial charge in [0, 0.05) is 12.6 Å². The van der Waals surface area contributed by atoms with Gasteiger partial charge in [-0.25, -0.2) is 0 Å². The van der Waals surface area contributed by atoms with Crippen LogP contribution in [0.3, 0.4) is 0 Å². The molecule has 14 heavy (non-hydrogen) atoms. The van der Waals surface area contributed by atoms with Crippen molar-refractivity contribution < 1.29 is 5.11 Å². The summed E-state index contributed by atoms with van der Waals surface area (Å²) >= 11 is 0. The summed E-state index contributed by atoms with van der Waals surface area (Å²) in [4.78, 5) is 0. The summed E-state index contributed by atoms with van der Waals surface area (Å²) in [5, 5.41) is 12.5. The largest absolute Gasteiger partial charge is 0.392 e. The summed E-state index contributed by atoms with van der Waals surface area (Å²) in [6, 6.07) is 9.09. The highest BCUT2D eigenvalue weighted by Gasteiger charge is 2.20. The predicted octanol–water partition coefficient (Wildman–Crippen LogP) is 1.12. The van der Waals surface area contributed by atoms with Crippen molar-refractivity contribution in [2.75, 3.05) is 6.54 Å². The fourth-order valence-electron chi connectivity index (χ4n) is 2.04. The van der Waals surface area contributed by atoms with Crippen molar-refractivity contribution in [2.24, 2.45) is 0 Å². The Morgan fingerprint density at radius 2 is 1.93 bits per heavy atom. The lowest BCUT2D eigenvalue weighted by atomic mass is 10.1. The molecule has 2 heteroatoms. The molecule has 0 spiro atoms. The molecule has 0 amide bonds. The minimum absolute atomic E-state index is 0.251. The Labute approximate surface area is 85.0 Å². The summed E-state index contributed by atoms with van der Waals surface area (Å²) in [5.74, 6) is 0. The molecule has 2 nitrogen and oxygen atoms in total. The van der Waals surface area contributed by atoms with Crippen molar-refractivity contribution in [1.82, 2.24) is 5.32 Å². The third-order valence-corrected chi connectivity index (χ3v) is 2.75. The van der Waals surface area contributed by atoms with Gasteiger partial charge in [-0.3, -0.25) is 0 Å². The van der Waals surface area contributed by atoms with Crippen LogP contribution in [-0.4, -0.2) is 23.8 Å². The summed E-state index contributed by atoms with van der Waals surface area (Å²) < 4.78 is 0. The number of hydrogen-bond donors (Lipinski definition) is 2. The van der Waals surface area contributed by atoms with Crippen LogP contribution >= 0.6 is 0 Å². The second-order valence-corrected chi connectivity index (χ2v) is 4.13. The van der Waals surface area contributed by atoms with Gasteiger partial charge in [0.25, 0.3) is 0 Å². The van der Waals surface area contributed by atoms with E-state index >= 15 is 0 Å². The van der Waals surface area contributed by atoms with Crippen LogP contribution < -0.4 is 5.32 Å². The molecule has 1 aromatic rings. The predicted molar refractivity (Wildman–Crippen MR) is 57.3 cm³/mol. The molecule has 1 atom stereocenters. The lowest BCUT2D eigenvalue weighted by molar-refractivity contribution is 0.186. The first-order valence-electron chi connectivity index (χ1n) is 5.24. The molecule has 0 radical (unpaired) electrons. The molecule has 2 rings (SSSR count). The highest BCUT2D eigenvalue weighted by Crippen LogP contribution is 2.21. The standard InChI is InChI=1S/C12H17NO/c1-9(14)8-13-12-6-10-4-2-3-5-11(10)7-12/h2-5,9,12-14H,6-8H2,1H3/t9-/m0/s1. The maximum absolute atomic E-state index is 9.17. The van der Waals surface area contributed by atoms with Crippen LogP contribution in [0.15, 0.2) is 24.3 Å². The van der Waals surface area contributed by atoms with E-state index in [1.165, 1.54) is 11.1 Å². The molecule has 0 aliphatic heterocycles. The van der Waals surface area contributed by atoms with Crippen molar-refractivity contribution in [3.8, 4) is 0 Å². The van der Waals surface area contributed by atoms with Gasteiger partial charge in [0.1, 0.15) is 0 Å². The van der Waals surface area contributed by atoms with E-state index in [1.54, 1.807) is 0 Å². The third-order valence-electron chi connectivity index (χ3n) is 2.75. The summed E-state index contributed by atoms with van der Waals surface area (Å²) in [5.41, 5.74) is 2.91. The number of aliphatic hydroxyl groups is 1. The minimum Gasteiger partial charge on any atom is -0.392 e. The molecule has 76 valence electrons. The Morgan fingerprint density at radius 1 is 1.36 bits per heavy atom. The van der Waals surface area contributed by atoms with Gasteiger partial charge >= 0.3 is 0 Å². The number of aliphatic hydroxyl groups excluding tert-OH is 1. The maximum atomic E-state index is 9.17. The first kappa shape index (κ1) is 9.69. The molecule has 0 heterocycles. The van der Waals surface area contributed by atoms with Gasteiger partial charge in [-0.2, -0.15) is 0 Å². The van der Waals surface area contributed by atoms with Crippen molar-refractivity contribution in [1.29, 1.82) is 0 Å². The van der Waals surface area contributed by atoms with Crippen LogP contribution in [-0.2, 0) is 12.8 Å². The Balaban J connectivity index is 1.92. The molecule has 0 unspecified atom stereocenters. The SMILES string of the molecule is C[C@H](O)CNC1Cc2ccccc2C1. The van der Waals surface area contributed by atoms with Crippen LogP contribution in [0.25, 0.3) is 0 Å². The number of nitrogens with one attached hydrogen (secondary N) is 1. The Morgan fingerprint density at radius 3 is 2.43 bits per heavy atom. The minimum atomic E-state index is -0.251. The van der Waals surface area contributed by atoms with Gasteiger partial charge in [0.2, 0.25) is 0 Å². The third kappa shape index (κ3) is 2.14. The topological polar surface area (TPSA) is 32.3 Å². The van der Waals surface area contributed by atoms with Crippen LogP contribution in [0.2, 0.25) is 0 Å². The second kappa shape index (κ2) is 4.11. The van der Waals surface area contributed by atoms with Gasteiger partial charge in [-0.15, -0.1) is 0 Å². The highest BCUT2D eigenvalue weighted by molar-refractivity contribution is 5.33. The first-order chi connectivity index (χ1) is 6.75. The van der Waals surface area contributed by atoms with Gasteiger partial charge in [0.15, 0.2) is 0 Å². The molecule has 0 aromatic heterocycles. The quantitative estimate of drug-likeness (QED) is 0.750. The number of rotatable bonds is 3. The van der Waals surface area contributed by atoms with Crippen LogP contribution in [0.1, 0.15) is 18.1 Å². The fraction of sp³-hybridized carbons (Fsp3) is 0.500. The zero-order valence-corrected chi connectivity index (χ0v) is 8.53. The van der Waals surface area contributed by atoms with Gasteiger partial charge < -0.3 is 10.4 Å². The fourth-order valence-corrected chi connectivity index (χ4v) is 2.04. The van der Waals surface area contributed by atoms with E-state index in [4.69, 9.17) is 5.11 Å². The lowest BCUT2D eigenvalue weighted by Crippen LogP contribution is -2.34. The second-order valence-electron chi connectivity index (χ2n) is 4.13. The summed E-state index contributed by atoms with van der Waals surface area (Å²) in [6.07, 6.45) is 1.95. The van der Waals surface area contributed by atoms with E-state index in [0.29, 0.717) is 12.6 Å².